The molecule has 0 bridgehead atoms. The quantitative estimate of drug-likeness (QED) is 0.908. The van der Waals surface area contributed by atoms with E-state index in [2.05, 4.69) is 16.5 Å². The number of aliphatic hydroxyl groups is 1. The summed E-state index contributed by atoms with van der Waals surface area (Å²) < 4.78 is 1.70. The number of fused-ring (bicyclic) bond motifs is 1. The number of rotatable bonds is 4. The number of anilines is 1. The van der Waals surface area contributed by atoms with E-state index in [1.165, 1.54) is 0 Å². The Morgan fingerprint density at radius 3 is 2.87 bits per heavy atom. The first-order valence-electron chi connectivity index (χ1n) is 7.82. The predicted octanol–water partition coefficient (Wildman–Crippen LogP) is 2.57. The van der Waals surface area contributed by atoms with Gasteiger partial charge in [-0.15, -0.1) is 5.10 Å². The van der Waals surface area contributed by atoms with Crippen LogP contribution in [-0.4, -0.2) is 26.2 Å². The van der Waals surface area contributed by atoms with Gasteiger partial charge in [0, 0.05) is 11.8 Å². The average Bonchev–Trinajstić information content (AvgIpc) is 2.72. The summed E-state index contributed by atoms with van der Waals surface area (Å²) >= 11 is 0. The molecule has 2 aromatic heterocycles. The lowest BCUT2D eigenvalue weighted by atomic mass is 9.80. The summed E-state index contributed by atoms with van der Waals surface area (Å²) in [7, 11) is 0. The van der Waals surface area contributed by atoms with Crippen molar-refractivity contribution in [3.8, 4) is 6.07 Å². The Bertz CT molecular complexity index is 791. The molecule has 0 spiro atoms. The van der Waals surface area contributed by atoms with Crippen molar-refractivity contribution in [2.24, 2.45) is 0 Å². The summed E-state index contributed by atoms with van der Waals surface area (Å²) in [5.41, 5.74) is 1.38. The molecule has 0 unspecified atom stereocenters. The van der Waals surface area contributed by atoms with Crippen molar-refractivity contribution in [1.82, 2.24) is 9.61 Å². The smallest absolute Gasteiger partial charge is 0.228 e. The summed E-state index contributed by atoms with van der Waals surface area (Å²) in [4.78, 5) is 12.1. The molecule has 120 valence electrons. The largest absolute Gasteiger partial charge is 0.390 e. The van der Waals surface area contributed by atoms with Crippen LogP contribution in [0.4, 0.5) is 5.82 Å². The molecule has 0 saturated heterocycles. The Labute approximate surface area is 134 Å². The topological polar surface area (TPSA) is 90.4 Å². The molecule has 1 aliphatic carbocycles. The number of amides is 1. The van der Waals surface area contributed by atoms with Gasteiger partial charge in [-0.25, -0.2) is 4.52 Å². The zero-order chi connectivity index (χ0) is 16.6. The summed E-state index contributed by atoms with van der Waals surface area (Å²) in [5, 5.41) is 26.2. The van der Waals surface area contributed by atoms with Crippen LogP contribution in [0.1, 0.15) is 56.6 Å². The first-order chi connectivity index (χ1) is 10.9. The summed E-state index contributed by atoms with van der Waals surface area (Å²) in [6.45, 7) is 3.20. The minimum absolute atomic E-state index is 0.00836. The molecule has 2 N–H and O–H groups in total. The molecule has 0 atom stereocenters. The number of carbonyl (C=O) groups is 1. The van der Waals surface area contributed by atoms with Gasteiger partial charge in [0.1, 0.15) is 0 Å². The molecular formula is C17H20N4O2. The van der Waals surface area contributed by atoms with E-state index in [0.717, 1.165) is 30.3 Å². The summed E-state index contributed by atoms with van der Waals surface area (Å²) in [5.74, 6) is 0.639. The third-order valence-corrected chi connectivity index (χ3v) is 4.17. The molecule has 1 aliphatic rings. The minimum Gasteiger partial charge on any atom is -0.390 e. The normalized spacial score (nSPS) is 15.2. The van der Waals surface area contributed by atoms with Crippen molar-refractivity contribution >= 4 is 17.2 Å². The maximum atomic E-state index is 12.1. The highest BCUT2D eigenvalue weighted by atomic mass is 16.3. The number of carbonyl (C=O) groups excluding carboxylic acids is 1. The summed E-state index contributed by atoms with van der Waals surface area (Å²) in [6.07, 6.45) is 5.03. The monoisotopic (exact) mass is 312 g/mol. The molecule has 2 heterocycles. The Kier molecular flexibility index (Phi) is 3.82. The van der Waals surface area contributed by atoms with Crippen LogP contribution in [0.2, 0.25) is 0 Å². The maximum absolute atomic E-state index is 12.1. The number of aromatic nitrogens is 2. The first kappa shape index (κ1) is 15.5. The number of pyridine rings is 1. The van der Waals surface area contributed by atoms with Crippen LogP contribution in [0.15, 0.2) is 18.3 Å². The lowest BCUT2D eigenvalue weighted by Crippen LogP contribution is -2.27. The maximum Gasteiger partial charge on any atom is 0.228 e. The molecular weight excluding hydrogens is 292 g/mol. The van der Waals surface area contributed by atoms with Crippen LogP contribution in [0, 0.1) is 11.3 Å². The Morgan fingerprint density at radius 1 is 1.57 bits per heavy atom. The number of hydrogen-bond donors (Lipinski definition) is 2. The van der Waals surface area contributed by atoms with Crippen LogP contribution in [0.3, 0.4) is 0 Å². The van der Waals surface area contributed by atoms with E-state index in [9.17, 15) is 9.90 Å². The third kappa shape index (κ3) is 3.20. The Morgan fingerprint density at radius 2 is 2.30 bits per heavy atom. The highest BCUT2D eigenvalue weighted by Gasteiger charge is 2.28. The SMILES string of the molecule is CC(C)(O)CC(=O)Nc1nn2ccc(C#N)cc2c1C1CCC1. The van der Waals surface area contributed by atoms with Crippen LogP contribution in [-0.2, 0) is 4.79 Å². The molecule has 0 radical (unpaired) electrons. The number of nitriles is 1. The fourth-order valence-electron chi connectivity index (χ4n) is 2.89. The standard InChI is InChI=1S/C17H20N4O2/c1-17(2,23)9-14(22)19-16-15(12-4-3-5-12)13-8-11(10-18)6-7-21(13)20-16/h6-8,12,23H,3-5,9H2,1-2H3,(H,19,20,22). The summed E-state index contributed by atoms with van der Waals surface area (Å²) in [6, 6.07) is 5.65. The molecule has 23 heavy (non-hydrogen) atoms. The lowest BCUT2D eigenvalue weighted by molar-refractivity contribution is -0.119. The zero-order valence-corrected chi connectivity index (χ0v) is 13.3. The van der Waals surface area contributed by atoms with E-state index >= 15 is 0 Å². The van der Waals surface area contributed by atoms with E-state index in [4.69, 9.17) is 5.26 Å². The van der Waals surface area contributed by atoms with Crippen LogP contribution in [0.5, 0.6) is 0 Å². The number of nitrogens with zero attached hydrogens (tertiary/aromatic N) is 3. The third-order valence-electron chi connectivity index (χ3n) is 4.17. The predicted molar refractivity (Wildman–Crippen MR) is 86.0 cm³/mol. The van der Waals surface area contributed by atoms with Crippen molar-refractivity contribution < 1.29 is 9.90 Å². The van der Waals surface area contributed by atoms with Gasteiger partial charge in [0.25, 0.3) is 0 Å². The Hall–Kier alpha value is -2.39. The fourth-order valence-corrected chi connectivity index (χ4v) is 2.89. The van der Waals surface area contributed by atoms with E-state index in [1.54, 1.807) is 30.6 Å². The minimum atomic E-state index is -1.06. The average molecular weight is 312 g/mol. The number of hydrogen-bond acceptors (Lipinski definition) is 4. The van der Waals surface area contributed by atoms with Crippen molar-refractivity contribution in [2.75, 3.05) is 5.32 Å². The molecule has 6 nitrogen and oxygen atoms in total. The van der Waals surface area contributed by atoms with Gasteiger partial charge in [0.2, 0.25) is 5.91 Å². The lowest BCUT2D eigenvalue weighted by Gasteiger charge is -2.26. The van der Waals surface area contributed by atoms with Crippen LogP contribution >= 0.6 is 0 Å². The van der Waals surface area contributed by atoms with E-state index in [1.807, 2.05) is 6.07 Å². The van der Waals surface area contributed by atoms with E-state index in [0.29, 0.717) is 17.3 Å². The van der Waals surface area contributed by atoms with Gasteiger partial charge < -0.3 is 10.4 Å². The van der Waals surface area contributed by atoms with E-state index < -0.39 is 5.60 Å². The second kappa shape index (κ2) is 5.67. The van der Waals surface area contributed by atoms with Crippen LogP contribution < -0.4 is 5.32 Å². The fraction of sp³-hybridized carbons (Fsp3) is 0.471. The highest BCUT2D eigenvalue weighted by Crippen LogP contribution is 2.42. The van der Waals surface area contributed by atoms with Crippen LogP contribution in [0.25, 0.3) is 5.52 Å². The molecule has 1 fully saturated rings. The molecule has 1 amide bonds. The van der Waals surface area contributed by atoms with Gasteiger partial charge in [-0.2, -0.15) is 5.26 Å². The number of nitrogens with one attached hydrogen (secondary N) is 1. The molecule has 3 rings (SSSR count). The van der Waals surface area contributed by atoms with Gasteiger partial charge in [-0.05, 0) is 44.7 Å². The molecule has 0 aromatic carbocycles. The van der Waals surface area contributed by atoms with Gasteiger partial charge in [-0.3, -0.25) is 4.79 Å². The first-order valence-corrected chi connectivity index (χ1v) is 7.82. The highest BCUT2D eigenvalue weighted by molar-refractivity contribution is 5.92. The van der Waals surface area contributed by atoms with E-state index in [-0.39, 0.29) is 12.3 Å². The van der Waals surface area contributed by atoms with Gasteiger partial charge in [0.15, 0.2) is 5.82 Å². The van der Waals surface area contributed by atoms with Gasteiger partial charge in [0.05, 0.1) is 29.2 Å². The Balaban J connectivity index is 1.99. The molecule has 6 heteroatoms. The zero-order valence-electron chi connectivity index (χ0n) is 13.3. The molecule has 2 aromatic rings. The van der Waals surface area contributed by atoms with Crippen molar-refractivity contribution in [1.29, 1.82) is 5.26 Å². The second-order valence-electron chi connectivity index (χ2n) is 6.78. The van der Waals surface area contributed by atoms with Crippen molar-refractivity contribution in [3.05, 3.63) is 29.5 Å². The molecule has 0 aliphatic heterocycles. The molecule has 1 saturated carbocycles. The second-order valence-corrected chi connectivity index (χ2v) is 6.78. The van der Waals surface area contributed by atoms with Crippen molar-refractivity contribution in [3.63, 3.8) is 0 Å². The van der Waals surface area contributed by atoms with Gasteiger partial charge in [-0.1, -0.05) is 6.42 Å². The van der Waals surface area contributed by atoms with Gasteiger partial charge >= 0.3 is 0 Å². The van der Waals surface area contributed by atoms with Crippen molar-refractivity contribution in [2.45, 2.75) is 51.0 Å².